The lowest BCUT2D eigenvalue weighted by Crippen LogP contribution is -2.50. The van der Waals surface area contributed by atoms with E-state index in [1.54, 1.807) is 0 Å². The van der Waals surface area contributed by atoms with Crippen LogP contribution in [0.1, 0.15) is 25.7 Å². The average Bonchev–Trinajstić information content (AvgIpc) is 3.04. The van der Waals surface area contributed by atoms with E-state index in [0.717, 1.165) is 44.7 Å². The first kappa shape index (κ1) is 15.0. The Hall–Kier alpha value is -0.930. The van der Waals surface area contributed by atoms with E-state index < -0.39 is 0 Å². The van der Waals surface area contributed by atoms with Crippen LogP contribution in [-0.2, 0) is 4.79 Å². The molecule has 1 saturated heterocycles. The molecule has 0 aromatic heterocycles. The van der Waals surface area contributed by atoms with E-state index >= 15 is 0 Å². The van der Waals surface area contributed by atoms with Gasteiger partial charge in [0.25, 0.3) is 0 Å². The number of benzene rings is 1. The van der Waals surface area contributed by atoms with Crippen LogP contribution in [-0.4, -0.2) is 37.0 Å². The summed E-state index contributed by atoms with van der Waals surface area (Å²) < 4.78 is 0. The number of carbonyl (C=O) groups is 1. The molecule has 0 unspecified atom stereocenters. The molecule has 5 heteroatoms. The molecule has 0 bridgehead atoms. The third-order valence-corrected chi connectivity index (χ3v) is 5.30. The van der Waals surface area contributed by atoms with Crippen LogP contribution < -0.4 is 4.90 Å². The summed E-state index contributed by atoms with van der Waals surface area (Å²) in [6.07, 6.45) is 4.57. The Labute approximate surface area is 135 Å². The van der Waals surface area contributed by atoms with Crippen molar-refractivity contribution < 1.29 is 4.79 Å². The lowest BCUT2D eigenvalue weighted by molar-refractivity contribution is -0.135. The van der Waals surface area contributed by atoms with Gasteiger partial charge >= 0.3 is 0 Å². The second-order valence-corrected chi connectivity index (χ2v) is 6.71. The zero-order chi connectivity index (χ0) is 14.8. The molecule has 1 aromatic carbocycles. The minimum Gasteiger partial charge on any atom is -0.368 e. The molecule has 0 radical (unpaired) electrons. The Balaban J connectivity index is 1.59. The maximum atomic E-state index is 12.4. The molecule has 1 amide bonds. The van der Waals surface area contributed by atoms with Crippen LogP contribution >= 0.6 is 23.2 Å². The van der Waals surface area contributed by atoms with Gasteiger partial charge in [-0.1, -0.05) is 36.0 Å². The van der Waals surface area contributed by atoms with Crippen molar-refractivity contribution in [3.8, 4) is 0 Å². The van der Waals surface area contributed by atoms with Gasteiger partial charge in [0, 0.05) is 37.8 Å². The molecular weight excluding hydrogens is 307 g/mol. The van der Waals surface area contributed by atoms with Crippen molar-refractivity contribution in [1.82, 2.24) is 4.90 Å². The molecule has 0 atom stereocenters. The Bertz CT molecular complexity index is 521. The van der Waals surface area contributed by atoms with E-state index in [9.17, 15) is 4.79 Å². The monoisotopic (exact) mass is 326 g/mol. The standard InChI is InChI=1S/C16H20Cl2N2O/c17-14-6-5-13(11-15(14)18)19-7-9-20(10-8-19)16(21)12-3-1-2-4-12/h5-6,11-12H,1-4,7-10H2. The topological polar surface area (TPSA) is 23.6 Å². The highest BCUT2D eigenvalue weighted by Crippen LogP contribution is 2.29. The second-order valence-electron chi connectivity index (χ2n) is 5.89. The summed E-state index contributed by atoms with van der Waals surface area (Å²) in [5, 5.41) is 1.16. The average molecular weight is 327 g/mol. The number of nitrogens with zero attached hydrogens (tertiary/aromatic N) is 2. The van der Waals surface area contributed by atoms with E-state index in [0.29, 0.717) is 16.0 Å². The number of halogens is 2. The number of amides is 1. The van der Waals surface area contributed by atoms with E-state index in [2.05, 4.69) is 4.90 Å². The van der Waals surface area contributed by atoms with Gasteiger partial charge in [-0.15, -0.1) is 0 Å². The van der Waals surface area contributed by atoms with Crippen LogP contribution in [0.3, 0.4) is 0 Å². The van der Waals surface area contributed by atoms with Gasteiger partial charge in [-0.25, -0.2) is 0 Å². The number of carbonyl (C=O) groups excluding carboxylic acids is 1. The molecule has 1 aliphatic heterocycles. The Kier molecular flexibility index (Phi) is 4.60. The summed E-state index contributed by atoms with van der Waals surface area (Å²) >= 11 is 12.0. The normalized spacial score (nSPS) is 20.1. The quantitative estimate of drug-likeness (QED) is 0.824. The van der Waals surface area contributed by atoms with Crippen molar-refractivity contribution in [2.75, 3.05) is 31.1 Å². The van der Waals surface area contributed by atoms with Crippen LogP contribution in [0.15, 0.2) is 18.2 Å². The van der Waals surface area contributed by atoms with Gasteiger partial charge in [-0.2, -0.15) is 0 Å². The molecule has 1 aliphatic carbocycles. The third kappa shape index (κ3) is 3.29. The second kappa shape index (κ2) is 6.45. The molecule has 1 heterocycles. The number of rotatable bonds is 2. The van der Waals surface area contributed by atoms with Gasteiger partial charge in [-0.3, -0.25) is 4.79 Å². The Morgan fingerprint density at radius 3 is 2.29 bits per heavy atom. The summed E-state index contributed by atoms with van der Waals surface area (Å²) in [7, 11) is 0. The van der Waals surface area contributed by atoms with Crippen molar-refractivity contribution in [2.24, 2.45) is 5.92 Å². The summed E-state index contributed by atoms with van der Waals surface area (Å²) in [6.45, 7) is 3.32. The minimum atomic E-state index is 0.279. The minimum absolute atomic E-state index is 0.279. The molecule has 0 N–H and O–H groups in total. The fourth-order valence-corrected chi connectivity index (χ4v) is 3.59. The summed E-state index contributed by atoms with van der Waals surface area (Å²) in [6, 6.07) is 5.72. The molecule has 2 fully saturated rings. The van der Waals surface area contributed by atoms with Gasteiger partial charge in [0.1, 0.15) is 0 Å². The van der Waals surface area contributed by atoms with Crippen molar-refractivity contribution in [2.45, 2.75) is 25.7 Å². The molecule has 3 nitrogen and oxygen atoms in total. The van der Waals surface area contributed by atoms with Crippen LogP contribution in [0.4, 0.5) is 5.69 Å². The fraction of sp³-hybridized carbons (Fsp3) is 0.562. The molecule has 3 rings (SSSR count). The maximum Gasteiger partial charge on any atom is 0.225 e. The van der Waals surface area contributed by atoms with Gasteiger partial charge < -0.3 is 9.80 Å². The Morgan fingerprint density at radius 2 is 1.67 bits per heavy atom. The first-order chi connectivity index (χ1) is 10.1. The maximum absolute atomic E-state index is 12.4. The van der Waals surface area contributed by atoms with Crippen LogP contribution in [0.2, 0.25) is 10.0 Å². The highest BCUT2D eigenvalue weighted by Gasteiger charge is 2.29. The first-order valence-electron chi connectivity index (χ1n) is 7.64. The number of piperazine rings is 1. The predicted octanol–water partition coefficient (Wildman–Crippen LogP) is 3.83. The molecule has 1 aromatic rings. The number of anilines is 1. The van der Waals surface area contributed by atoms with E-state index in [4.69, 9.17) is 23.2 Å². The summed E-state index contributed by atoms with van der Waals surface area (Å²) in [4.78, 5) is 16.7. The van der Waals surface area contributed by atoms with E-state index in [1.807, 2.05) is 23.1 Å². The molecule has 0 spiro atoms. The SMILES string of the molecule is O=C(C1CCCC1)N1CCN(c2ccc(Cl)c(Cl)c2)CC1. The van der Waals surface area contributed by atoms with Crippen molar-refractivity contribution in [3.63, 3.8) is 0 Å². The first-order valence-corrected chi connectivity index (χ1v) is 8.39. The fourth-order valence-electron chi connectivity index (χ4n) is 3.30. The largest absolute Gasteiger partial charge is 0.368 e. The van der Waals surface area contributed by atoms with Gasteiger partial charge in [-0.05, 0) is 31.0 Å². The van der Waals surface area contributed by atoms with Gasteiger partial charge in [0.05, 0.1) is 10.0 Å². The highest BCUT2D eigenvalue weighted by atomic mass is 35.5. The Morgan fingerprint density at radius 1 is 1.00 bits per heavy atom. The zero-order valence-corrected chi connectivity index (χ0v) is 13.5. The lowest BCUT2D eigenvalue weighted by Gasteiger charge is -2.37. The lowest BCUT2D eigenvalue weighted by atomic mass is 10.1. The van der Waals surface area contributed by atoms with Crippen LogP contribution in [0, 0.1) is 5.92 Å². The molecular formula is C16H20Cl2N2O. The molecule has 114 valence electrons. The van der Waals surface area contributed by atoms with E-state index in [1.165, 1.54) is 12.8 Å². The molecule has 2 aliphatic rings. The summed E-state index contributed by atoms with van der Waals surface area (Å²) in [5.74, 6) is 0.641. The van der Waals surface area contributed by atoms with Crippen molar-refractivity contribution in [1.29, 1.82) is 0 Å². The van der Waals surface area contributed by atoms with Crippen molar-refractivity contribution >= 4 is 34.8 Å². The summed E-state index contributed by atoms with van der Waals surface area (Å²) in [5.41, 5.74) is 1.08. The van der Waals surface area contributed by atoms with Crippen molar-refractivity contribution in [3.05, 3.63) is 28.2 Å². The van der Waals surface area contributed by atoms with Crippen LogP contribution in [0.5, 0.6) is 0 Å². The molecule has 21 heavy (non-hydrogen) atoms. The number of hydrogen-bond acceptors (Lipinski definition) is 2. The van der Waals surface area contributed by atoms with Gasteiger partial charge in [0.15, 0.2) is 0 Å². The highest BCUT2D eigenvalue weighted by molar-refractivity contribution is 6.42. The van der Waals surface area contributed by atoms with Gasteiger partial charge in [0.2, 0.25) is 5.91 Å². The third-order valence-electron chi connectivity index (χ3n) is 4.56. The number of hydrogen-bond donors (Lipinski definition) is 0. The molecule has 1 saturated carbocycles. The van der Waals surface area contributed by atoms with Crippen LogP contribution in [0.25, 0.3) is 0 Å². The zero-order valence-electron chi connectivity index (χ0n) is 12.0. The smallest absolute Gasteiger partial charge is 0.225 e. The predicted molar refractivity (Wildman–Crippen MR) is 87.2 cm³/mol. The van der Waals surface area contributed by atoms with E-state index in [-0.39, 0.29) is 5.92 Å².